The molecule has 0 amide bonds. The molecule has 1 aromatic rings. The van der Waals surface area contributed by atoms with Crippen molar-refractivity contribution in [3.8, 4) is 0 Å². The standard InChI is InChI=1S/C15H23F3N2/c1-4-5-20(10-15(16,17)18)9-14(19)13-7-11(2)6-12(3)8-13/h6-8,14H,4-5,9-10,19H2,1-3H3. The van der Waals surface area contributed by atoms with Gasteiger partial charge in [-0.2, -0.15) is 13.2 Å². The number of nitrogens with zero attached hydrogens (tertiary/aromatic N) is 1. The average molecular weight is 288 g/mol. The molecule has 114 valence electrons. The maximum Gasteiger partial charge on any atom is 0.401 e. The van der Waals surface area contributed by atoms with E-state index in [1.54, 1.807) is 0 Å². The summed E-state index contributed by atoms with van der Waals surface area (Å²) in [7, 11) is 0. The van der Waals surface area contributed by atoms with E-state index < -0.39 is 18.8 Å². The summed E-state index contributed by atoms with van der Waals surface area (Å²) in [6.07, 6.45) is -3.51. The first-order valence-electron chi connectivity index (χ1n) is 6.84. The predicted molar refractivity (Wildman–Crippen MR) is 75.6 cm³/mol. The third-order valence-corrected chi connectivity index (χ3v) is 3.07. The molecule has 0 aliphatic carbocycles. The molecule has 1 atom stereocenters. The minimum absolute atomic E-state index is 0.218. The van der Waals surface area contributed by atoms with E-state index in [0.717, 1.165) is 16.7 Å². The zero-order chi connectivity index (χ0) is 15.3. The Morgan fingerprint density at radius 3 is 2.15 bits per heavy atom. The van der Waals surface area contributed by atoms with Crippen LogP contribution in [-0.4, -0.2) is 30.7 Å². The van der Waals surface area contributed by atoms with Crippen molar-refractivity contribution in [2.45, 2.75) is 39.4 Å². The van der Waals surface area contributed by atoms with Crippen molar-refractivity contribution in [1.82, 2.24) is 4.90 Å². The molecule has 0 radical (unpaired) electrons. The lowest BCUT2D eigenvalue weighted by Gasteiger charge is -2.26. The SMILES string of the molecule is CCCN(CC(N)c1cc(C)cc(C)c1)CC(F)(F)F. The Morgan fingerprint density at radius 1 is 1.15 bits per heavy atom. The summed E-state index contributed by atoms with van der Waals surface area (Å²) in [5.74, 6) is 0. The van der Waals surface area contributed by atoms with Crippen molar-refractivity contribution in [3.63, 3.8) is 0 Å². The molecule has 1 aromatic carbocycles. The van der Waals surface area contributed by atoms with Crippen LogP contribution in [0.2, 0.25) is 0 Å². The third kappa shape index (κ3) is 5.92. The summed E-state index contributed by atoms with van der Waals surface area (Å²) in [5.41, 5.74) is 9.12. The highest BCUT2D eigenvalue weighted by Crippen LogP contribution is 2.20. The van der Waals surface area contributed by atoms with Crippen LogP contribution in [-0.2, 0) is 0 Å². The Bertz CT molecular complexity index is 409. The van der Waals surface area contributed by atoms with E-state index in [1.807, 2.05) is 39.0 Å². The topological polar surface area (TPSA) is 29.3 Å². The monoisotopic (exact) mass is 288 g/mol. The van der Waals surface area contributed by atoms with E-state index in [1.165, 1.54) is 4.90 Å². The van der Waals surface area contributed by atoms with Crippen molar-refractivity contribution < 1.29 is 13.2 Å². The Balaban J connectivity index is 2.76. The molecule has 5 heteroatoms. The van der Waals surface area contributed by atoms with Crippen LogP contribution in [0.25, 0.3) is 0 Å². The summed E-state index contributed by atoms with van der Waals surface area (Å²) in [5, 5.41) is 0. The van der Waals surface area contributed by atoms with Gasteiger partial charge in [-0.25, -0.2) is 0 Å². The fourth-order valence-electron chi connectivity index (χ4n) is 2.41. The largest absolute Gasteiger partial charge is 0.401 e. The van der Waals surface area contributed by atoms with Gasteiger partial charge in [0.1, 0.15) is 0 Å². The van der Waals surface area contributed by atoms with Gasteiger partial charge in [0.25, 0.3) is 0 Å². The maximum atomic E-state index is 12.5. The number of aryl methyl sites for hydroxylation is 2. The maximum absolute atomic E-state index is 12.5. The zero-order valence-corrected chi connectivity index (χ0v) is 12.3. The van der Waals surface area contributed by atoms with E-state index in [9.17, 15) is 13.2 Å². The van der Waals surface area contributed by atoms with Gasteiger partial charge in [0.2, 0.25) is 0 Å². The molecule has 0 bridgehead atoms. The first-order chi connectivity index (χ1) is 9.21. The third-order valence-electron chi connectivity index (χ3n) is 3.07. The minimum Gasteiger partial charge on any atom is -0.323 e. The molecular formula is C15H23F3N2. The molecule has 1 rings (SSSR count). The van der Waals surface area contributed by atoms with Crippen LogP contribution in [0.3, 0.4) is 0 Å². The smallest absolute Gasteiger partial charge is 0.323 e. The van der Waals surface area contributed by atoms with E-state index in [4.69, 9.17) is 5.73 Å². The number of benzene rings is 1. The van der Waals surface area contributed by atoms with Crippen LogP contribution < -0.4 is 5.73 Å². The highest BCUT2D eigenvalue weighted by Gasteiger charge is 2.31. The quantitative estimate of drug-likeness (QED) is 0.867. The lowest BCUT2D eigenvalue weighted by atomic mass is 10.0. The van der Waals surface area contributed by atoms with Crippen molar-refractivity contribution in [2.75, 3.05) is 19.6 Å². The summed E-state index contributed by atoms with van der Waals surface area (Å²) in [6, 6.07) is 5.50. The van der Waals surface area contributed by atoms with E-state index >= 15 is 0 Å². The molecule has 0 aliphatic heterocycles. The number of nitrogens with two attached hydrogens (primary N) is 1. The molecule has 0 spiro atoms. The van der Waals surface area contributed by atoms with Gasteiger partial charge in [-0.3, -0.25) is 4.90 Å². The molecule has 0 heterocycles. The fourth-order valence-corrected chi connectivity index (χ4v) is 2.41. The Kier molecular flexibility index (Phi) is 6.02. The normalized spacial score (nSPS) is 13.8. The number of hydrogen-bond acceptors (Lipinski definition) is 2. The summed E-state index contributed by atoms with van der Waals surface area (Å²) in [4.78, 5) is 1.38. The Morgan fingerprint density at radius 2 is 1.70 bits per heavy atom. The van der Waals surface area contributed by atoms with Gasteiger partial charge >= 0.3 is 6.18 Å². The molecule has 20 heavy (non-hydrogen) atoms. The molecule has 0 aliphatic rings. The van der Waals surface area contributed by atoms with Crippen LogP contribution in [0.4, 0.5) is 13.2 Å². The molecule has 2 nitrogen and oxygen atoms in total. The first kappa shape index (κ1) is 17.0. The van der Waals surface area contributed by atoms with Crippen LogP contribution in [0.15, 0.2) is 18.2 Å². The summed E-state index contributed by atoms with van der Waals surface area (Å²) < 4.78 is 37.6. The zero-order valence-electron chi connectivity index (χ0n) is 12.3. The highest BCUT2D eigenvalue weighted by atomic mass is 19.4. The molecule has 0 saturated carbocycles. The molecule has 0 saturated heterocycles. The van der Waals surface area contributed by atoms with Gasteiger partial charge in [-0.1, -0.05) is 36.2 Å². The van der Waals surface area contributed by atoms with Crippen LogP contribution in [0.5, 0.6) is 0 Å². The van der Waals surface area contributed by atoms with Crippen molar-refractivity contribution in [3.05, 3.63) is 34.9 Å². The van der Waals surface area contributed by atoms with Gasteiger partial charge in [0.15, 0.2) is 0 Å². The van der Waals surface area contributed by atoms with E-state index in [0.29, 0.717) is 13.0 Å². The fraction of sp³-hybridized carbons (Fsp3) is 0.600. The van der Waals surface area contributed by atoms with Crippen LogP contribution >= 0.6 is 0 Å². The number of alkyl halides is 3. The molecular weight excluding hydrogens is 265 g/mol. The highest BCUT2D eigenvalue weighted by molar-refractivity contribution is 5.30. The second-order valence-electron chi connectivity index (χ2n) is 5.38. The van der Waals surface area contributed by atoms with Crippen molar-refractivity contribution >= 4 is 0 Å². The van der Waals surface area contributed by atoms with Crippen LogP contribution in [0.1, 0.15) is 36.1 Å². The van der Waals surface area contributed by atoms with Crippen LogP contribution in [0, 0.1) is 13.8 Å². The second-order valence-corrected chi connectivity index (χ2v) is 5.38. The lowest BCUT2D eigenvalue weighted by Crippen LogP contribution is -2.39. The van der Waals surface area contributed by atoms with E-state index in [-0.39, 0.29) is 6.54 Å². The summed E-state index contributed by atoms with van der Waals surface area (Å²) in [6.45, 7) is 5.50. The van der Waals surface area contributed by atoms with Gasteiger partial charge in [0.05, 0.1) is 6.54 Å². The van der Waals surface area contributed by atoms with Crippen molar-refractivity contribution in [1.29, 1.82) is 0 Å². The van der Waals surface area contributed by atoms with Gasteiger partial charge in [0, 0.05) is 12.6 Å². The lowest BCUT2D eigenvalue weighted by molar-refractivity contribution is -0.146. The molecule has 2 N–H and O–H groups in total. The molecule has 0 aromatic heterocycles. The van der Waals surface area contributed by atoms with Crippen molar-refractivity contribution in [2.24, 2.45) is 5.73 Å². The summed E-state index contributed by atoms with van der Waals surface area (Å²) >= 11 is 0. The Labute approximate surface area is 118 Å². The number of hydrogen-bond donors (Lipinski definition) is 1. The average Bonchev–Trinajstić information content (AvgIpc) is 2.25. The first-order valence-corrected chi connectivity index (χ1v) is 6.84. The second kappa shape index (κ2) is 7.09. The number of halogens is 3. The van der Waals surface area contributed by atoms with Gasteiger partial charge < -0.3 is 5.73 Å². The molecule has 1 unspecified atom stereocenters. The Hall–Kier alpha value is -1.07. The van der Waals surface area contributed by atoms with Gasteiger partial charge in [-0.15, -0.1) is 0 Å². The van der Waals surface area contributed by atoms with E-state index in [2.05, 4.69) is 0 Å². The predicted octanol–water partition coefficient (Wildman–Crippen LogP) is 3.58. The van der Waals surface area contributed by atoms with Gasteiger partial charge in [-0.05, 0) is 32.4 Å². The molecule has 0 fully saturated rings. The number of rotatable bonds is 6. The minimum atomic E-state index is -4.18.